The summed E-state index contributed by atoms with van der Waals surface area (Å²) in [6.45, 7) is 20.0. The molecule has 0 fully saturated rings. The summed E-state index contributed by atoms with van der Waals surface area (Å²) in [5.74, 6) is -0.366. The molecule has 0 amide bonds. The van der Waals surface area contributed by atoms with Crippen molar-refractivity contribution in [3.63, 3.8) is 0 Å². The van der Waals surface area contributed by atoms with Gasteiger partial charge in [-0.3, -0.25) is 4.98 Å². The summed E-state index contributed by atoms with van der Waals surface area (Å²) < 4.78 is 9.01. The highest BCUT2D eigenvalue weighted by Crippen LogP contribution is 2.29. The Kier molecular flexibility index (Phi) is 5.20. The molecule has 0 saturated heterocycles. The van der Waals surface area contributed by atoms with Crippen LogP contribution in [0.25, 0.3) is 11.3 Å². The lowest BCUT2D eigenvalue weighted by molar-refractivity contribution is 0.537. The number of pyridine rings is 1. The van der Waals surface area contributed by atoms with E-state index in [1.165, 1.54) is 10.8 Å². The number of benzene rings is 1. The quantitative estimate of drug-likeness (QED) is 0.583. The molecule has 2 heteroatoms. The summed E-state index contributed by atoms with van der Waals surface area (Å²) in [5.41, 5.74) is 4.72. The zero-order valence-corrected chi connectivity index (χ0v) is 18.5. The third-order valence-corrected chi connectivity index (χ3v) is 7.06. The van der Waals surface area contributed by atoms with Gasteiger partial charge in [0.05, 0.1) is 13.8 Å². The summed E-state index contributed by atoms with van der Waals surface area (Å²) in [6, 6.07) is 10.9. The fourth-order valence-electron chi connectivity index (χ4n) is 2.99. The largest absolute Gasteiger partial charge is 0.256 e. The molecule has 1 nitrogen and oxygen atoms in total. The topological polar surface area (TPSA) is 12.9 Å². The normalized spacial score (nSPS) is 15.8. The summed E-state index contributed by atoms with van der Waals surface area (Å²) in [5, 5.41) is 1.30. The van der Waals surface area contributed by atoms with Gasteiger partial charge in [0.2, 0.25) is 0 Å². The van der Waals surface area contributed by atoms with Crippen molar-refractivity contribution in [1.29, 1.82) is 0 Å². The molecular weight excluding hydrogens is 318 g/mol. The third-order valence-electron chi connectivity index (χ3n) is 5.05. The van der Waals surface area contributed by atoms with Crippen molar-refractivity contribution >= 4 is 13.3 Å². The predicted molar refractivity (Wildman–Crippen MR) is 115 cm³/mol. The first kappa shape index (κ1) is 18.4. The lowest BCUT2D eigenvalue weighted by Gasteiger charge is -2.27. The van der Waals surface area contributed by atoms with E-state index in [1.807, 2.05) is 13.1 Å². The molecule has 136 valence electrons. The molecule has 1 aromatic carbocycles. The van der Waals surface area contributed by atoms with Gasteiger partial charge in [0.1, 0.15) is 0 Å². The monoisotopic (exact) mass is 354 g/mol. The molecule has 1 heterocycles. The molecule has 2 rings (SSSR count). The van der Waals surface area contributed by atoms with Crippen LogP contribution < -0.4 is 5.19 Å². The fourth-order valence-corrected chi connectivity index (χ4v) is 4.52. The minimum absolute atomic E-state index is 0.149. The van der Waals surface area contributed by atoms with Crippen LogP contribution in [0.2, 0.25) is 19.6 Å². The van der Waals surface area contributed by atoms with Crippen LogP contribution in [0.5, 0.6) is 0 Å². The number of hydrogen-bond acceptors (Lipinski definition) is 1. The first-order chi connectivity index (χ1) is 11.7. The average molecular weight is 355 g/mol. The minimum Gasteiger partial charge on any atom is -0.256 e. The maximum Gasteiger partial charge on any atom is 0.0799 e. The highest BCUT2D eigenvalue weighted by Gasteiger charge is 2.25. The van der Waals surface area contributed by atoms with Gasteiger partial charge in [-0.2, -0.15) is 0 Å². The van der Waals surface area contributed by atoms with E-state index in [0.717, 1.165) is 16.8 Å². The Morgan fingerprint density at radius 3 is 2.00 bits per heavy atom. The lowest BCUT2D eigenvalue weighted by atomic mass is 9.86. The number of aromatic nitrogens is 1. The van der Waals surface area contributed by atoms with Crippen LogP contribution in [0.1, 0.15) is 59.9 Å². The number of hydrogen-bond donors (Lipinski definition) is 0. The Balaban J connectivity index is 2.59. The summed E-state index contributed by atoms with van der Waals surface area (Å²) in [7, 11) is -1.57. The standard InChI is InChI=1S/C23H35NSi/c1-16(2)17(3)20-14-21(24-15-22(20)25(7,8)9)18-10-12-19(13-11-18)23(4,5)6/h10-17H,1-9H3/i17D. The van der Waals surface area contributed by atoms with E-state index in [1.54, 1.807) is 0 Å². The van der Waals surface area contributed by atoms with Crippen LogP contribution in [-0.2, 0) is 5.41 Å². The molecule has 25 heavy (non-hydrogen) atoms. The van der Waals surface area contributed by atoms with E-state index in [4.69, 9.17) is 6.35 Å². The van der Waals surface area contributed by atoms with Crippen molar-refractivity contribution in [3.05, 3.63) is 47.7 Å². The van der Waals surface area contributed by atoms with E-state index < -0.39 is 14.0 Å². The van der Waals surface area contributed by atoms with Gasteiger partial charge in [-0.1, -0.05) is 85.4 Å². The van der Waals surface area contributed by atoms with E-state index >= 15 is 0 Å². The maximum absolute atomic E-state index is 9.01. The molecule has 0 saturated carbocycles. The highest BCUT2D eigenvalue weighted by molar-refractivity contribution is 6.89. The van der Waals surface area contributed by atoms with Crippen LogP contribution in [0, 0.1) is 5.92 Å². The molecule has 2 aromatic rings. The second-order valence-electron chi connectivity index (χ2n) is 9.53. The van der Waals surface area contributed by atoms with Gasteiger partial charge in [-0.05, 0) is 39.6 Å². The van der Waals surface area contributed by atoms with Crippen LogP contribution in [0.15, 0.2) is 36.5 Å². The van der Waals surface area contributed by atoms with Gasteiger partial charge in [0, 0.05) is 13.1 Å². The number of rotatable bonds is 4. The Morgan fingerprint density at radius 2 is 1.56 bits per heavy atom. The molecule has 0 bridgehead atoms. The van der Waals surface area contributed by atoms with Gasteiger partial charge >= 0.3 is 0 Å². The van der Waals surface area contributed by atoms with Crippen molar-refractivity contribution in [1.82, 2.24) is 4.98 Å². The van der Waals surface area contributed by atoms with Crippen molar-refractivity contribution in [3.8, 4) is 11.3 Å². The molecule has 0 aliphatic rings. The van der Waals surface area contributed by atoms with Crippen LogP contribution in [-0.4, -0.2) is 13.1 Å². The summed E-state index contributed by atoms with van der Waals surface area (Å²) in [6.07, 6.45) is 2.05. The van der Waals surface area contributed by atoms with Crippen molar-refractivity contribution < 1.29 is 1.37 Å². The minimum atomic E-state index is -1.57. The molecule has 1 atom stereocenters. The molecule has 0 aliphatic heterocycles. The zero-order valence-electron chi connectivity index (χ0n) is 18.5. The molecule has 0 spiro atoms. The second kappa shape index (κ2) is 7.07. The smallest absolute Gasteiger partial charge is 0.0799 e. The Hall–Kier alpha value is -1.41. The molecule has 0 radical (unpaired) electrons. The molecule has 0 N–H and O–H groups in total. The fraction of sp³-hybridized carbons (Fsp3) is 0.522. The number of nitrogens with zero attached hydrogens (tertiary/aromatic N) is 1. The molecule has 0 aliphatic carbocycles. The summed E-state index contributed by atoms with van der Waals surface area (Å²) in [4.78, 5) is 4.79. The first-order valence-electron chi connectivity index (χ1n) is 9.86. The van der Waals surface area contributed by atoms with Gasteiger partial charge < -0.3 is 0 Å². The highest BCUT2D eigenvalue weighted by atomic mass is 28.3. The van der Waals surface area contributed by atoms with Gasteiger partial charge in [-0.25, -0.2) is 0 Å². The van der Waals surface area contributed by atoms with E-state index in [-0.39, 0.29) is 11.3 Å². The third kappa shape index (κ3) is 4.61. The lowest BCUT2D eigenvalue weighted by Crippen LogP contribution is -2.41. The van der Waals surface area contributed by atoms with Crippen LogP contribution >= 0.6 is 0 Å². The van der Waals surface area contributed by atoms with Gasteiger partial charge in [0.25, 0.3) is 0 Å². The first-order valence-corrected chi connectivity index (χ1v) is 12.9. The van der Waals surface area contributed by atoms with Crippen LogP contribution in [0.4, 0.5) is 0 Å². The molecular formula is C23H35NSi. The van der Waals surface area contributed by atoms with E-state index in [0.29, 0.717) is 0 Å². The predicted octanol–water partition coefficient (Wildman–Crippen LogP) is 6.35. The zero-order chi connectivity index (χ0) is 19.9. The Labute approximate surface area is 157 Å². The Morgan fingerprint density at radius 1 is 1.00 bits per heavy atom. The molecule has 1 unspecified atom stereocenters. The second-order valence-corrected chi connectivity index (χ2v) is 14.6. The molecule has 1 aromatic heterocycles. The van der Waals surface area contributed by atoms with E-state index in [9.17, 15) is 0 Å². The van der Waals surface area contributed by atoms with Crippen molar-refractivity contribution in [2.45, 2.75) is 72.5 Å². The SMILES string of the molecule is [2H]C(C)(c1cc(-c2ccc(C(C)(C)C)cc2)ncc1[Si](C)(C)C)C(C)C. The van der Waals surface area contributed by atoms with Gasteiger partial charge in [0.15, 0.2) is 0 Å². The van der Waals surface area contributed by atoms with Crippen molar-refractivity contribution in [2.75, 3.05) is 0 Å². The van der Waals surface area contributed by atoms with E-state index in [2.05, 4.69) is 84.6 Å². The average Bonchev–Trinajstić information content (AvgIpc) is 2.52. The van der Waals surface area contributed by atoms with Gasteiger partial charge in [-0.15, -0.1) is 0 Å². The maximum atomic E-state index is 9.01. The Bertz CT molecular complexity index is 762. The van der Waals surface area contributed by atoms with Crippen LogP contribution in [0.3, 0.4) is 0 Å². The van der Waals surface area contributed by atoms with Crippen molar-refractivity contribution in [2.24, 2.45) is 5.92 Å². The summed E-state index contributed by atoms with van der Waals surface area (Å²) >= 11 is 0.